The summed E-state index contributed by atoms with van der Waals surface area (Å²) in [5.41, 5.74) is 1.50. The lowest BCUT2D eigenvalue weighted by molar-refractivity contribution is -0.111. The number of benzene rings is 2. The van der Waals surface area contributed by atoms with Gasteiger partial charge in [0.15, 0.2) is 15.8 Å². The number of thioether (sulfide) groups is 1. The van der Waals surface area contributed by atoms with Gasteiger partial charge < -0.3 is 9.47 Å². The van der Waals surface area contributed by atoms with Gasteiger partial charge in [-0.05, 0) is 41.5 Å². The van der Waals surface area contributed by atoms with Gasteiger partial charge in [0, 0.05) is 11.8 Å². The molecule has 0 fully saturated rings. The van der Waals surface area contributed by atoms with Crippen molar-refractivity contribution in [3.05, 3.63) is 65.5 Å². The molecule has 0 atom stereocenters. The number of hydrogen-bond donors (Lipinski definition) is 1. The average molecular weight is 467 g/mol. The van der Waals surface area contributed by atoms with E-state index < -0.39 is 12.5 Å². The molecule has 31 heavy (non-hydrogen) atoms. The quantitative estimate of drug-likeness (QED) is 0.264. The maximum atomic E-state index is 12.9. The summed E-state index contributed by atoms with van der Waals surface area (Å²) < 4.78 is 47.7. The van der Waals surface area contributed by atoms with Crippen LogP contribution >= 0.6 is 23.1 Å². The summed E-state index contributed by atoms with van der Waals surface area (Å²) in [5, 5.41) is 10.9. The minimum atomic E-state index is -2.97. The highest BCUT2D eigenvalue weighted by Crippen LogP contribution is 2.30. The van der Waals surface area contributed by atoms with E-state index in [1.807, 2.05) is 0 Å². The van der Waals surface area contributed by atoms with Gasteiger partial charge in [-0.3, -0.25) is 10.1 Å². The van der Waals surface area contributed by atoms with Crippen LogP contribution in [0.1, 0.15) is 11.1 Å². The molecule has 0 radical (unpaired) electrons. The minimum absolute atomic E-state index is 0.0985. The lowest BCUT2D eigenvalue weighted by atomic mass is 10.2. The number of rotatable bonds is 9. The highest BCUT2D eigenvalue weighted by molar-refractivity contribution is 8.00. The van der Waals surface area contributed by atoms with Crippen LogP contribution < -0.4 is 14.8 Å². The first-order valence-corrected chi connectivity index (χ1v) is 10.6. The van der Waals surface area contributed by atoms with Crippen LogP contribution in [-0.2, 0) is 10.5 Å². The van der Waals surface area contributed by atoms with E-state index in [9.17, 15) is 18.0 Å². The average Bonchev–Trinajstić information content (AvgIpc) is 3.19. The molecule has 0 saturated carbocycles. The Bertz CT molecular complexity index is 1060. The molecule has 0 unspecified atom stereocenters. The van der Waals surface area contributed by atoms with Crippen LogP contribution in [0, 0.1) is 5.82 Å². The van der Waals surface area contributed by atoms with Crippen molar-refractivity contribution in [2.75, 3.05) is 12.4 Å². The van der Waals surface area contributed by atoms with Gasteiger partial charge in [0.25, 0.3) is 0 Å². The second-order valence-corrected chi connectivity index (χ2v) is 8.10. The lowest BCUT2D eigenvalue weighted by Gasteiger charge is -2.10. The fraction of sp³-hybridized carbons (Fsp3) is 0.150. The SMILES string of the molecule is COc1cc(C=CC(=O)Nc2nnc(SCc3ccc(F)cc3)s2)ccc1OC(F)F. The molecule has 162 valence electrons. The fourth-order valence-electron chi connectivity index (χ4n) is 2.34. The van der Waals surface area contributed by atoms with E-state index in [-0.39, 0.29) is 17.3 Å². The van der Waals surface area contributed by atoms with Gasteiger partial charge in [-0.1, -0.05) is 41.3 Å². The largest absolute Gasteiger partial charge is 0.493 e. The van der Waals surface area contributed by atoms with Gasteiger partial charge >= 0.3 is 6.61 Å². The molecule has 3 rings (SSSR count). The van der Waals surface area contributed by atoms with Crippen LogP contribution in [-0.4, -0.2) is 29.8 Å². The molecule has 1 amide bonds. The van der Waals surface area contributed by atoms with Gasteiger partial charge in [0.05, 0.1) is 7.11 Å². The highest BCUT2D eigenvalue weighted by atomic mass is 32.2. The monoisotopic (exact) mass is 467 g/mol. The topological polar surface area (TPSA) is 73.3 Å². The van der Waals surface area contributed by atoms with Crippen LogP contribution in [0.25, 0.3) is 6.08 Å². The number of nitrogens with zero attached hydrogens (tertiary/aromatic N) is 2. The number of ether oxygens (including phenoxy) is 2. The molecular formula is C20H16F3N3O3S2. The Kier molecular flexibility index (Phi) is 7.90. The summed E-state index contributed by atoms with van der Waals surface area (Å²) in [6.45, 7) is -2.97. The molecule has 0 saturated heterocycles. The van der Waals surface area contributed by atoms with E-state index in [0.717, 1.165) is 5.56 Å². The molecule has 0 aliphatic heterocycles. The molecule has 1 aromatic heterocycles. The minimum Gasteiger partial charge on any atom is -0.493 e. The fourth-order valence-corrected chi connectivity index (χ4v) is 4.06. The molecule has 0 aliphatic carbocycles. The number of carbonyl (C=O) groups excluding carboxylic acids is 1. The third kappa shape index (κ3) is 7.00. The van der Waals surface area contributed by atoms with Crippen LogP contribution in [0.5, 0.6) is 11.5 Å². The number of carbonyl (C=O) groups is 1. The van der Waals surface area contributed by atoms with E-state index in [0.29, 0.717) is 20.8 Å². The predicted octanol–water partition coefficient (Wildman–Crippen LogP) is 5.23. The number of alkyl halides is 2. The molecule has 3 aromatic rings. The molecule has 1 heterocycles. The zero-order chi connectivity index (χ0) is 22.2. The summed E-state index contributed by atoms with van der Waals surface area (Å²) in [7, 11) is 1.33. The Balaban J connectivity index is 1.54. The third-order valence-corrected chi connectivity index (χ3v) is 5.79. The molecule has 6 nitrogen and oxygen atoms in total. The molecule has 1 N–H and O–H groups in total. The first-order valence-electron chi connectivity index (χ1n) is 8.75. The number of hydrogen-bond acceptors (Lipinski definition) is 7. The van der Waals surface area contributed by atoms with Crippen LogP contribution in [0.4, 0.5) is 18.3 Å². The van der Waals surface area contributed by atoms with Crippen molar-refractivity contribution in [3.8, 4) is 11.5 Å². The normalized spacial score (nSPS) is 11.1. The van der Waals surface area contributed by atoms with Gasteiger partial charge in [0.2, 0.25) is 11.0 Å². The van der Waals surface area contributed by atoms with Gasteiger partial charge in [-0.15, -0.1) is 10.2 Å². The van der Waals surface area contributed by atoms with Crippen molar-refractivity contribution < 1.29 is 27.4 Å². The van der Waals surface area contributed by atoms with Crippen LogP contribution in [0.2, 0.25) is 0 Å². The maximum Gasteiger partial charge on any atom is 0.387 e. The third-order valence-electron chi connectivity index (χ3n) is 3.74. The Hall–Kier alpha value is -3.05. The van der Waals surface area contributed by atoms with Crippen molar-refractivity contribution >= 4 is 40.2 Å². The second-order valence-electron chi connectivity index (χ2n) is 5.90. The maximum absolute atomic E-state index is 12.9. The second kappa shape index (κ2) is 10.8. The highest BCUT2D eigenvalue weighted by Gasteiger charge is 2.11. The number of nitrogens with one attached hydrogen (secondary N) is 1. The van der Waals surface area contributed by atoms with Gasteiger partial charge in [-0.2, -0.15) is 8.78 Å². The number of methoxy groups -OCH3 is 1. The van der Waals surface area contributed by atoms with Crippen molar-refractivity contribution in [3.63, 3.8) is 0 Å². The van der Waals surface area contributed by atoms with Crippen molar-refractivity contribution in [1.82, 2.24) is 10.2 Å². The van der Waals surface area contributed by atoms with Crippen molar-refractivity contribution in [1.29, 1.82) is 0 Å². The smallest absolute Gasteiger partial charge is 0.387 e. The van der Waals surface area contributed by atoms with E-state index >= 15 is 0 Å². The predicted molar refractivity (Wildman–Crippen MR) is 113 cm³/mol. The summed E-state index contributed by atoms with van der Waals surface area (Å²) in [4.78, 5) is 12.1. The Morgan fingerprint density at radius 2 is 1.97 bits per heavy atom. The summed E-state index contributed by atoms with van der Waals surface area (Å²) >= 11 is 2.63. The Labute approximate surface area is 184 Å². The number of halogens is 3. The molecule has 0 aliphatic rings. The van der Waals surface area contributed by atoms with E-state index in [4.69, 9.17) is 4.74 Å². The zero-order valence-electron chi connectivity index (χ0n) is 16.1. The van der Waals surface area contributed by atoms with E-state index in [2.05, 4.69) is 20.3 Å². The standard InChI is InChI=1S/C20H16F3N3O3S2/c1-28-16-10-12(4-8-15(16)29-18(22)23)5-9-17(27)24-19-25-26-20(31-19)30-11-13-2-6-14(21)7-3-13/h2-10,18H,11H2,1H3,(H,24,25,27). The summed E-state index contributed by atoms with van der Waals surface area (Å²) in [6.07, 6.45) is 2.77. The molecular weight excluding hydrogens is 451 g/mol. The van der Waals surface area contributed by atoms with Gasteiger partial charge in [0.1, 0.15) is 5.82 Å². The summed E-state index contributed by atoms with van der Waals surface area (Å²) in [6, 6.07) is 10.5. The molecule has 11 heteroatoms. The van der Waals surface area contributed by atoms with E-state index in [1.54, 1.807) is 12.1 Å². The molecule has 2 aromatic carbocycles. The molecule has 0 bridgehead atoms. The lowest BCUT2D eigenvalue weighted by Crippen LogP contribution is -2.07. The first kappa shape index (κ1) is 22.6. The van der Waals surface area contributed by atoms with Crippen molar-refractivity contribution in [2.24, 2.45) is 0 Å². The molecule has 0 spiro atoms. The Morgan fingerprint density at radius 3 is 2.68 bits per heavy atom. The van der Waals surface area contributed by atoms with Crippen molar-refractivity contribution in [2.45, 2.75) is 16.7 Å². The number of aromatic nitrogens is 2. The number of amides is 1. The number of anilines is 1. The zero-order valence-corrected chi connectivity index (χ0v) is 17.7. The first-order chi connectivity index (χ1) is 14.9. The summed E-state index contributed by atoms with van der Waals surface area (Å²) in [5.74, 6) is -0.110. The van der Waals surface area contributed by atoms with Crippen LogP contribution in [0.3, 0.4) is 0 Å². The van der Waals surface area contributed by atoms with E-state index in [1.165, 1.54) is 72.7 Å². The Morgan fingerprint density at radius 1 is 1.19 bits per heavy atom. The van der Waals surface area contributed by atoms with Gasteiger partial charge in [-0.25, -0.2) is 4.39 Å². The van der Waals surface area contributed by atoms with Crippen LogP contribution in [0.15, 0.2) is 52.9 Å².